The summed E-state index contributed by atoms with van der Waals surface area (Å²) >= 11 is 6.77. The Labute approximate surface area is 127 Å². The van der Waals surface area contributed by atoms with Gasteiger partial charge in [0.15, 0.2) is 0 Å². The standard InChI is InChI=1S/C14H11Br2FO2/c15-12-5-10(7-18)6-13(16)14(12)19-8-9-2-1-3-11(17)4-9/h1-6,18H,7-8H2. The van der Waals surface area contributed by atoms with Crippen LogP contribution < -0.4 is 4.74 Å². The number of hydrogen-bond donors (Lipinski definition) is 1. The molecule has 0 spiro atoms. The first-order chi connectivity index (χ1) is 9.10. The number of hydrogen-bond acceptors (Lipinski definition) is 2. The molecule has 0 radical (unpaired) electrons. The lowest BCUT2D eigenvalue weighted by molar-refractivity contribution is 0.280. The molecule has 0 aliphatic heterocycles. The summed E-state index contributed by atoms with van der Waals surface area (Å²) < 4.78 is 20.2. The predicted octanol–water partition coefficient (Wildman–Crippen LogP) is 4.42. The largest absolute Gasteiger partial charge is 0.487 e. The van der Waals surface area contributed by atoms with Gasteiger partial charge in [0.25, 0.3) is 0 Å². The van der Waals surface area contributed by atoms with Crippen molar-refractivity contribution in [3.8, 4) is 5.75 Å². The van der Waals surface area contributed by atoms with E-state index < -0.39 is 0 Å². The van der Waals surface area contributed by atoms with Crippen molar-refractivity contribution in [2.24, 2.45) is 0 Å². The van der Waals surface area contributed by atoms with E-state index in [1.165, 1.54) is 12.1 Å². The summed E-state index contributed by atoms with van der Waals surface area (Å²) in [4.78, 5) is 0. The lowest BCUT2D eigenvalue weighted by Gasteiger charge is -2.11. The van der Waals surface area contributed by atoms with Gasteiger partial charge in [-0.1, -0.05) is 12.1 Å². The van der Waals surface area contributed by atoms with Crippen molar-refractivity contribution < 1.29 is 14.2 Å². The van der Waals surface area contributed by atoms with E-state index in [2.05, 4.69) is 31.9 Å². The summed E-state index contributed by atoms with van der Waals surface area (Å²) in [7, 11) is 0. The van der Waals surface area contributed by atoms with Gasteiger partial charge in [-0.05, 0) is 67.3 Å². The molecule has 2 nitrogen and oxygen atoms in total. The van der Waals surface area contributed by atoms with Crippen LogP contribution in [0.4, 0.5) is 4.39 Å². The molecular formula is C14H11Br2FO2. The average molecular weight is 390 g/mol. The van der Waals surface area contributed by atoms with E-state index in [0.29, 0.717) is 5.75 Å². The first-order valence-corrected chi connectivity index (χ1v) is 7.15. The third-order valence-corrected chi connectivity index (χ3v) is 3.69. The molecule has 0 fully saturated rings. The molecule has 0 atom stereocenters. The maximum absolute atomic E-state index is 13.0. The maximum Gasteiger partial charge on any atom is 0.148 e. The minimum absolute atomic E-state index is 0.0403. The minimum atomic E-state index is -0.283. The highest BCUT2D eigenvalue weighted by Gasteiger charge is 2.09. The summed E-state index contributed by atoms with van der Waals surface area (Å²) in [5.74, 6) is 0.344. The van der Waals surface area contributed by atoms with E-state index in [-0.39, 0.29) is 19.0 Å². The molecule has 0 bridgehead atoms. The number of aliphatic hydroxyl groups excluding tert-OH is 1. The van der Waals surface area contributed by atoms with Gasteiger partial charge in [-0.25, -0.2) is 4.39 Å². The third kappa shape index (κ3) is 3.78. The Balaban J connectivity index is 2.16. The van der Waals surface area contributed by atoms with Gasteiger partial charge >= 0.3 is 0 Å². The molecule has 2 aromatic rings. The Kier molecular flexibility index (Phi) is 4.96. The zero-order valence-electron chi connectivity index (χ0n) is 9.87. The fourth-order valence-corrected chi connectivity index (χ4v) is 3.13. The third-order valence-electron chi connectivity index (χ3n) is 2.51. The Morgan fingerprint density at radius 1 is 1.05 bits per heavy atom. The van der Waals surface area contributed by atoms with Gasteiger partial charge in [0.1, 0.15) is 18.2 Å². The van der Waals surface area contributed by atoms with Crippen molar-refractivity contribution in [3.05, 3.63) is 62.3 Å². The Bertz CT molecular complexity index is 564. The van der Waals surface area contributed by atoms with Crippen LogP contribution in [0, 0.1) is 5.82 Å². The van der Waals surface area contributed by atoms with Gasteiger partial charge in [-0.2, -0.15) is 0 Å². The molecule has 0 saturated heterocycles. The number of aliphatic hydroxyl groups is 1. The van der Waals surface area contributed by atoms with Crippen LogP contribution in [-0.2, 0) is 13.2 Å². The van der Waals surface area contributed by atoms with Gasteiger partial charge in [-0.15, -0.1) is 0 Å². The van der Waals surface area contributed by atoms with E-state index in [1.807, 2.05) is 0 Å². The normalized spacial score (nSPS) is 10.5. The molecule has 0 aliphatic carbocycles. The van der Waals surface area contributed by atoms with Crippen LogP contribution in [0.15, 0.2) is 45.3 Å². The van der Waals surface area contributed by atoms with E-state index in [0.717, 1.165) is 20.1 Å². The van der Waals surface area contributed by atoms with Crippen LogP contribution in [0.25, 0.3) is 0 Å². The molecule has 100 valence electrons. The fraction of sp³-hybridized carbons (Fsp3) is 0.143. The molecule has 0 aromatic heterocycles. The highest BCUT2D eigenvalue weighted by Crippen LogP contribution is 2.35. The lowest BCUT2D eigenvalue weighted by Crippen LogP contribution is -1.98. The van der Waals surface area contributed by atoms with Crippen molar-refractivity contribution >= 4 is 31.9 Å². The summed E-state index contributed by atoms with van der Waals surface area (Å²) in [6, 6.07) is 9.84. The summed E-state index contributed by atoms with van der Waals surface area (Å²) in [5, 5.41) is 9.09. The minimum Gasteiger partial charge on any atom is -0.487 e. The van der Waals surface area contributed by atoms with Gasteiger partial charge in [-0.3, -0.25) is 0 Å². The van der Waals surface area contributed by atoms with Crippen LogP contribution in [0.3, 0.4) is 0 Å². The first-order valence-electron chi connectivity index (χ1n) is 5.56. The van der Waals surface area contributed by atoms with Crippen LogP contribution >= 0.6 is 31.9 Å². The van der Waals surface area contributed by atoms with Crippen LogP contribution in [0.1, 0.15) is 11.1 Å². The zero-order chi connectivity index (χ0) is 13.8. The molecular weight excluding hydrogens is 379 g/mol. The molecule has 2 aromatic carbocycles. The molecule has 5 heteroatoms. The van der Waals surface area contributed by atoms with Crippen molar-refractivity contribution in [1.82, 2.24) is 0 Å². The summed E-state index contributed by atoms with van der Waals surface area (Å²) in [6.45, 7) is 0.231. The monoisotopic (exact) mass is 388 g/mol. The predicted molar refractivity (Wildman–Crippen MR) is 78.5 cm³/mol. The molecule has 1 N–H and O–H groups in total. The second-order valence-electron chi connectivity index (χ2n) is 3.97. The fourth-order valence-electron chi connectivity index (χ4n) is 1.62. The zero-order valence-corrected chi connectivity index (χ0v) is 13.0. The van der Waals surface area contributed by atoms with Crippen LogP contribution in [0.2, 0.25) is 0 Å². The Morgan fingerprint density at radius 2 is 1.74 bits per heavy atom. The lowest BCUT2D eigenvalue weighted by atomic mass is 10.2. The van der Waals surface area contributed by atoms with E-state index in [1.54, 1.807) is 24.3 Å². The summed E-state index contributed by atoms with van der Waals surface area (Å²) in [6.07, 6.45) is 0. The van der Waals surface area contributed by atoms with Gasteiger partial charge in [0.05, 0.1) is 15.6 Å². The number of halogens is 3. The van der Waals surface area contributed by atoms with Crippen molar-refractivity contribution in [3.63, 3.8) is 0 Å². The van der Waals surface area contributed by atoms with Gasteiger partial charge < -0.3 is 9.84 Å². The number of benzene rings is 2. The van der Waals surface area contributed by atoms with Crippen LogP contribution in [0.5, 0.6) is 5.75 Å². The Morgan fingerprint density at radius 3 is 2.32 bits per heavy atom. The van der Waals surface area contributed by atoms with Gasteiger partial charge in [0, 0.05) is 0 Å². The van der Waals surface area contributed by atoms with E-state index >= 15 is 0 Å². The molecule has 2 rings (SSSR count). The Hall–Kier alpha value is -0.910. The van der Waals surface area contributed by atoms with Crippen molar-refractivity contribution in [2.45, 2.75) is 13.2 Å². The van der Waals surface area contributed by atoms with Crippen molar-refractivity contribution in [2.75, 3.05) is 0 Å². The van der Waals surface area contributed by atoms with E-state index in [9.17, 15) is 4.39 Å². The first kappa shape index (κ1) is 14.5. The van der Waals surface area contributed by atoms with E-state index in [4.69, 9.17) is 9.84 Å². The second-order valence-corrected chi connectivity index (χ2v) is 5.67. The molecule has 19 heavy (non-hydrogen) atoms. The number of rotatable bonds is 4. The molecule has 0 unspecified atom stereocenters. The van der Waals surface area contributed by atoms with Gasteiger partial charge in [0.2, 0.25) is 0 Å². The SMILES string of the molecule is OCc1cc(Br)c(OCc2cccc(F)c2)c(Br)c1. The summed E-state index contributed by atoms with van der Waals surface area (Å²) in [5.41, 5.74) is 1.53. The molecule has 0 aliphatic rings. The smallest absolute Gasteiger partial charge is 0.148 e. The maximum atomic E-state index is 13.0. The topological polar surface area (TPSA) is 29.5 Å². The van der Waals surface area contributed by atoms with Crippen LogP contribution in [-0.4, -0.2) is 5.11 Å². The molecule has 0 saturated carbocycles. The number of ether oxygens (including phenoxy) is 1. The molecule has 0 amide bonds. The molecule has 0 heterocycles. The highest BCUT2D eigenvalue weighted by molar-refractivity contribution is 9.11. The quantitative estimate of drug-likeness (QED) is 0.838. The van der Waals surface area contributed by atoms with Crippen molar-refractivity contribution in [1.29, 1.82) is 0 Å². The highest BCUT2D eigenvalue weighted by atomic mass is 79.9. The second kappa shape index (κ2) is 6.50. The average Bonchev–Trinajstić information content (AvgIpc) is 2.37.